The number of rotatable bonds is 14. The number of benzene rings is 3. The van der Waals surface area contributed by atoms with E-state index in [0.717, 1.165) is 16.7 Å². The van der Waals surface area contributed by atoms with Gasteiger partial charge in [0.15, 0.2) is 27.8 Å². The predicted molar refractivity (Wildman–Crippen MR) is 182 cm³/mol. The van der Waals surface area contributed by atoms with E-state index in [1.165, 1.54) is 29.2 Å². The first-order valence-corrected chi connectivity index (χ1v) is 16.3. The van der Waals surface area contributed by atoms with E-state index < -0.39 is 12.0 Å². The molecule has 0 spiro atoms. The summed E-state index contributed by atoms with van der Waals surface area (Å²) in [6.07, 6.45) is 5.62. The Morgan fingerprint density at radius 1 is 0.936 bits per heavy atom. The van der Waals surface area contributed by atoms with E-state index >= 15 is 0 Å². The molecule has 2 heterocycles. The third kappa shape index (κ3) is 7.33. The molecule has 0 bridgehead atoms. The number of nitrogens with zero attached hydrogens (tertiary/aromatic N) is 2. The molecule has 3 aromatic carbocycles. The Morgan fingerprint density at radius 2 is 1.66 bits per heavy atom. The fourth-order valence-corrected chi connectivity index (χ4v) is 6.34. The van der Waals surface area contributed by atoms with Crippen molar-refractivity contribution in [3.05, 3.63) is 127 Å². The van der Waals surface area contributed by atoms with Crippen molar-refractivity contribution in [1.29, 1.82) is 0 Å². The smallest absolute Gasteiger partial charge is 0.337 e. The Labute approximate surface area is 277 Å². The van der Waals surface area contributed by atoms with Crippen LogP contribution in [0.3, 0.4) is 0 Å². The number of aromatic nitrogens is 1. The quantitative estimate of drug-likeness (QED) is 0.131. The van der Waals surface area contributed by atoms with E-state index in [4.69, 9.17) is 23.7 Å². The SMILES string of the molecule is C=CCc1cc(/C=c2\sc3n(c2=O)[C@@H](c2ccc(OCC)c(OCC)c2)C(C(=O)OC)=CN=3)cc(OCC)c1OCc1ccccc1. The van der Waals surface area contributed by atoms with Crippen molar-refractivity contribution in [2.75, 3.05) is 26.9 Å². The van der Waals surface area contributed by atoms with E-state index in [2.05, 4.69) is 11.6 Å². The molecule has 5 rings (SSSR count). The number of hydrogen-bond acceptors (Lipinski definition) is 9. The number of carbonyl (C=O) groups is 1. The van der Waals surface area contributed by atoms with E-state index in [-0.39, 0.29) is 11.1 Å². The van der Waals surface area contributed by atoms with Gasteiger partial charge < -0.3 is 23.7 Å². The second-order valence-electron chi connectivity index (χ2n) is 10.5. The molecule has 0 amide bonds. The minimum Gasteiger partial charge on any atom is -0.490 e. The van der Waals surface area contributed by atoms with Gasteiger partial charge in [-0.1, -0.05) is 53.8 Å². The van der Waals surface area contributed by atoms with Crippen molar-refractivity contribution in [3.63, 3.8) is 0 Å². The fourth-order valence-electron chi connectivity index (χ4n) is 5.37. The zero-order valence-corrected chi connectivity index (χ0v) is 27.8. The number of carbonyl (C=O) groups excluding carboxylic acids is 1. The summed E-state index contributed by atoms with van der Waals surface area (Å²) in [7, 11) is 1.30. The molecule has 0 radical (unpaired) electrons. The summed E-state index contributed by atoms with van der Waals surface area (Å²) in [6.45, 7) is 11.3. The van der Waals surface area contributed by atoms with Crippen molar-refractivity contribution in [2.24, 2.45) is 4.99 Å². The van der Waals surface area contributed by atoms with Crippen LogP contribution in [0.2, 0.25) is 0 Å². The van der Waals surface area contributed by atoms with Crippen molar-refractivity contribution in [3.8, 4) is 23.0 Å². The van der Waals surface area contributed by atoms with Gasteiger partial charge in [0, 0.05) is 11.8 Å². The Kier molecular flexibility index (Phi) is 11.0. The number of allylic oxidation sites excluding steroid dienone is 1. The summed E-state index contributed by atoms with van der Waals surface area (Å²) < 4.78 is 31.0. The van der Waals surface area contributed by atoms with Gasteiger partial charge in [-0.05, 0) is 74.2 Å². The van der Waals surface area contributed by atoms with Gasteiger partial charge in [0.25, 0.3) is 5.56 Å². The lowest BCUT2D eigenvalue weighted by Crippen LogP contribution is -2.39. The zero-order valence-electron chi connectivity index (χ0n) is 27.0. The Hall–Kier alpha value is -5.09. The van der Waals surface area contributed by atoms with Crippen LogP contribution >= 0.6 is 11.3 Å². The van der Waals surface area contributed by atoms with Gasteiger partial charge in [-0.3, -0.25) is 9.36 Å². The van der Waals surface area contributed by atoms with E-state index in [9.17, 15) is 9.59 Å². The van der Waals surface area contributed by atoms with Crippen LogP contribution in [0, 0.1) is 0 Å². The summed E-state index contributed by atoms with van der Waals surface area (Å²) >= 11 is 1.24. The molecular formula is C37H38N2O7S. The van der Waals surface area contributed by atoms with Crippen LogP contribution in [0.5, 0.6) is 23.0 Å². The second kappa shape index (κ2) is 15.5. The Bertz CT molecular complexity index is 1960. The van der Waals surface area contributed by atoms with Crippen LogP contribution in [0.1, 0.15) is 49.1 Å². The summed E-state index contributed by atoms with van der Waals surface area (Å²) in [5.74, 6) is 1.72. The lowest BCUT2D eigenvalue weighted by atomic mass is 9.97. The molecule has 1 aromatic heterocycles. The van der Waals surface area contributed by atoms with Gasteiger partial charge in [-0.15, -0.1) is 6.58 Å². The Morgan fingerprint density at radius 3 is 2.36 bits per heavy atom. The van der Waals surface area contributed by atoms with Gasteiger partial charge in [-0.2, -0.15) is 0 Å². The first-order chi connectivity index (χ1) is 22.9. The third-order valence-corrected chi connectivity index (χ3v) is 8.35. The van der Waals surface area contributed by atoms with Crippen LogP contribution < -0.4 is 33.8 Å². The van der Waals surface area contributed by atoms with Crippen molar-refractivity contribution < 1.29 is 28.5 Å². The van der Waals surface area contributed by atoms with E-state index in [1.807, 2.05) is 75.4 Å². The molecule has 9 nitrogen and oxygen atoms in total. The van der Waals surface area contributed by atoms with Gasteiger partial charge in [0.2, 0.25) is 0 Å². The molecule has 1 aliphatic rings. The minimum absolute atomic E-state index is 0.227. The number of hydrogen-bond donors (Lipinski definition) is 0. The molecule has 1 atom stereocenters. The van der Waals surface area contributed by atoms with Crippen LogP contribution in [0.25, 0.3) is 6.08 Å². The first-order valence-electron chi connectivity index (χ1n) is 15.5. The zero-order chi connectivity index (χ0) is 33.3. The average molecular weight is 655 g/mol. The second-order valence-corrected chi connectivity index (χ2v) is 11.5. The van der Waals surface area contributed by atoms with Crippen LogP contribution in [-0.4, -0.2) is 37.5 Å². The van der Waals surface area contributed by atoms with E-state index in [1.54, 1.807) is 18.2 Å². The number of methoxy groups -OCH3 is 1. The van der Waals surface area contributed by atoms with Gasteiger partial charge >= 0.3 is 5.97 Å². The van der Waals surface area contributed by atoms with Crippen molar-refractivity contribution >= 4 is 23.4 Å². The number of esters is 1. The van der Waals surface area contributed by atoms with Gasteiger partial charge in [0.1, 0.15) is 6.61 Å². The topological polar surface area (TPSA) is 97.6 Å². The van der Waals surface area contributed by atoms with E-state index in [0.29, 0.717) is 70.7 Å². The molecule has 0 saturated heterocycles. The maximum atomic E-state index is 14.2. The highest BCUT2D eigenvalue weighted by molar-refractivity contribution is 7.07. The number of fused-ring (bicyclic) bond motifs is 1. The highest BCUT2D eigenvalue weighted by Gasteiger charge is 2.31. The maximum Gasteiger partial charge on any atom is 0.337 e. The molecule has 4 aromatic rings. The van der Waals surface area contributed by atoms with Crippen molar-refractivity contribution in [2.45, 2.75) is 39.8 Å². The van der Waals surface area contributed by atoms with Crippen LogP contribution in [-0.2, 0) is 22.6 Å². The molecule has 10 heteroatoms. The monoisotopic (exact) mass is 654 g/mol. The van der Waals surface area contributed by atoms with Crippen LogP contribution in [0.15, 0.2) is 94.9 Å². The lowest BCUT2D eigenvalue weighted by molar-refractivity contribution is -0.136. The molecule has 47 heavy (non-hydrogen) atoms. The lowest BCUT2D eigenvalue weighted by Gasteiger charge is -2.23. The molecule has 0 unspecified atom stereocenters. The Balaban J connectivity index is 1.62. The molecule has 0 aliphatic carbocycles. The number of ether oxygens (including phenoxy) is 5. The molecule has 244 valence electrons. The average Bonchev–Trinajstić information content (AvgIpc) is 3.39. The van der Waals surface area contributed by atoms with Crippen LogP contribution in [0.4, 0.5) is 0 Å². The summed E-state index contributed by atoms with van der Waals surface area (Å²) in [4.78, 5) is 32.1. The van der Waals surface area contributed by atoms with Crippen molar-refractivity contribution in [1.82, 2.24) is 4.57 Å². The minimum atomic E-state index is -0.792. The molecule has 1 aliphatic heterocycles. The molecule has 0 saturated carbocycles. The fraction of sp³-hybridized carbons (Fsp3) is 0.270. The highest BCUT2D eigenvalue weighted by atomic mass is 32.1. The molecule has 0 fully saturated rings. The normalized spacial score (nSPS) is 14.0. The highest BCUT2D eigenvalue weighted by Crippen LogP contribution is 2.36. The third-order valence-electron chi connectivity index (χ3n) is 7.35. The largest absolute Gasteiger partial charge is 0.490 e. The first kappa shape index (κ1) is 33.3. The predicted octanol–water partition coefficient (Wildman–Crippen LogP) is 5.52. The standard InChI is InChI=1S/C37H38N2O7S/c1-6-13-27-18-25(19-31(45-9-4)34(27)46-23-24-14-11-10-12-15-24)20-32-35(40)39-33(28(36(41)42-5)22-38-37(39)47-32)26-16-17-29(43-7-2)30(21-26)44-8-3/h6,10-12,14-22,33H,1,7-9,13,23H2,2-5H3/b32-20-/t33-/m0/s1. The maximum absolute atomic E-state index is 14.2. The molecular weight excluding hydrogens is 616 g/mol. The summed E-state index contributed by atoms with van der Waals surface area (Å²) in [5, 5.41) is 0. The summed E-state index contributed by atoms with van der Waals surface area (Å²) in [5.41, 5.74) is 3.25. The van der Waals surface area contributed by atoms with Gasteiger partial charge in [-0.25, -0.2) is 9.79 Å². The summed E-state index contributed by atoms with van der Waals surface area (Å²) in [6, 6.07) is 18.4. The number of thiazole rings is 1. The molecule has 0 N–H and O–H groups in total. The van der Waals surface area contributed by atoms with Gasteiger partial charge in [0.05, 0.1) is 43.1 Å².